The largest absolute Gasteiger partial charge is 0.471 e. The van der Waals surface area contributed by atoms with E-state index in [0.29, 0.717) is 11.3 Å². The van der Waals surface area contributed by atoms with Crippen molar-refractivity contribution in [2.24, 2.45) is 5.10 Å². The highest BCUT2D eigenvalue weighted by molar-refractivity contribution is 6.00. The number of hydrogen-bond acceptors (Lipinski definition) is 3. The maximum absolute atomic E-state index is 12.0. The lowest BCUT2D eigenvalue weighted by Gasteiger charge is -2.08. The highest BCUT2D eigenvalue weighted by Crippen LogP contribution is 2.18. The Hall–Kier alpha value is -2.38. The molecule has 0 spiro atoms. The molecule has 5 nitrogen and oxygen atoms in total. The van der Waals surface area contributed by atoms with Crippen molar-refractivity contribution in [1.82, 2.24) is 5.43 Å². The lowest BCUT2D eigenvalue weighted by atomic mass is 10.1. The van der Waals surface area contributed by atoms with Crippen LogP contribution in [0.5, 0.6) is 0 Å². The van der Waals surface area contributed by atoms with Crippen LogP contribution >= 0.6 is 0 Å². The number of halogens is 3. The van der Waals surface area contributed by atoms with Crippen LogP contribution in [-0.4, -0.2) is 23.7 Å². The fraction of sp³-hybridized carbons (Fsp3) is 0.250. The van der Waals surface area contributed by atoms with E-state index in [-0.39, 0.29) is 11.6 Å². The van der Waals surface area contributed by atoms with Gasteiger partial charge in [0.15, 0.2) is 0 Å². The van der Waals surface area contributed by atoms with Crippen molar-refractivity contribution in [3.8, 4) is 0 Å². The van der Waals surface area contributed by atoms with E-state index in [0.717, 1.165) is 0 Å². The number of alkyl halides is 3. The predicted molar refractivity (Wildman–Crippen MR) is 67.2 cm³/mol. The van der Waals surface area contributed by atoms with Gasteiger partial charge in [-0.3, -0.25) is 9.59 Å². The molecule has 0 aromatic heterocycles. The average Bonchev–Trinajstić information content (AvgIpc) is 2.35. The molecule has 20 heavy (non-hydrogen) atoms. The van der Waals surface area contributed by atoms with Crippen molar-refractivity contribution in [3.63, 3.8) is 0 Å². The van der Waals surface area contributed by atoms with Crippen LogP contribution in [0.2, 0.25) is 0 Å². The second-order valence-electron chi connectivity index (χ2n) is 3.89. The molecule has 0 saturated heterocycles. The monoisotopic (exact) mass is 287 g/mol. The summed E-state index contributed by atoms with van der Waals surface area (Å²) in [6, 6.07) is 5.58. The number of amides is 2. The first-order chi connectivity index (χ1) is 9.20. The van der Waals surface area contributed by atoms with Crippen LogP contribution in [0.4, 0.5) is 18.9 Å². The number of hydrogen-bond donors (Lipinski definition) is 2. The first-order valence-corrected chi connectivity index (χ1v) is 5.49. The third-order valence-electron chi connectivity index (χ3n) is 2.20. The summed E-state index contributed by atoms with van der Waals surface area (Å²) in [5, 5.41) is 5.50. The van der Waals surface area contributed by atoms with E-state index < -0.39 is 12.1 Å². The van der Waals surface area contributed by atoms with Gasteiger partial charge in [-0.05, 0) is 24.6 Å². The van der Waals surface area contributed by atoms with E-state index in [1.165, 1.54) is 31.2 Å². The topological polar surface area (TPSA) is 70.6 Å². The zero-order valence-electron chi connectivity index (χ0n) is 10.7. The van der Waals surface area contributed by atoms with Crippen molar-refractivity contribution >= 4 is 23.2 Å². The highest BCUT2D eigenvalue weighted by atomic mass is 19.4. The summed E-state index contributed by atoms with van der Waals surface area (Å²) in [5.74, 6) is -2.37. The lowest BCUT2D eigenvalue weighted by Crippen LogP contribution is -2.29. The highest BCUT2D eigenvalue weighted by Gasteiger charge is 2.38. The Balaban J connectivity index is 2.77. The van der Waals surface area contributed by atoms with E-state index in [2.05, 4.69) is 10.5 Å². The minimum absolute atomic E-state index is 0.0170. The van der Waals surface area contributed by atoms with Crippen molar-refractivity contribution in [1.29, 1.82) is 0 Å². The summed E-state index contributed by atoms with van der Waals surface area (Å²) >= 11 is 0. The van der Waals surface area contributed by atoms with Crippen LogP contribution < -0.4 is 10.7 Å². The standard InChI is InChI=1S/C12H12F3N3O2/c1-7(17-18-8(2)19)9-3-5-10(6-4-9)16-11(20)12(13,14)15/h3-6H,1-2H3,(H,16,20)(H,18,19)/b17-7-. The van der Waals surface area contributed by atoms with E-state index in [9.17, 15) is 22.8 Å². The number of hydrazone groups is 1. The van der Waals surface area contributed by atoms with Gasteiger partial charge in [-0.2, -0.15) is 18.3 Å². The Kier molecular flexibility index (Phi) is 4.84. The molecular formula is C12H12F3N3O2. The molecule has 0 atom stereocenters. The number of carbonyl (C=O) groups is 2. The van der Waals surface area contributed by atoms with Crippen molar-refractivity contribution in [3.05, 3.63) is 29.8 Å². The molecule has 0 saturated carbocycles. The molecule has 8 heteroatoms. The molecular weight excluding hydrogens is 275 g/mol. The number of nitrogens with one attached hydrogen (secondary N) is 2. The molecule has 2 amide bonds. The van der Waals surface area contributed by atoms with Crippen LogP contribution in [-0.2, 0) is 9.59 Å². The molecule has 2 N–H and O–H groups in total. The molecule has 1 rings (SSSR count). The van der Waals surface area contributed by atoms with Gasteiger partial charge in [0, 0.05) is 12.6 Å². The van der Waals surface area contributed by atoms with E-state index in [1.54, 1.807) is 12.2 Å². The van der Waals surface area contributed by atoms with Gasteiger partial charge in [-0.15, -0.1) is 0 Å². The molecule has 0 bridgehead atoms. The zero-order valence-corrected chi connectivity index (χ0v) is 10.7. The zero-order chi connectivity index (χ0) is 15.3. The van der Waals surface area contributed by atoms with Gasteiger partial charge in [0.2, 0.25) is 5.91 Å². The normalized spacial score (nSPS) is 11.9. The summed E-state index contributed by atoms with van der Waals surface area (Å²) in [6.45, 7) is 2.92. The van der Waals surface area contributed by atoms with Crippen LogP contribution in [0.25, 0.3) is 0 Å². The first-order valence-electron chi connectivity index (χ1n) is 5.49. The Bertz CT molecular complexity index is 536. The first kappa shape index (κ1) is 15.7. The predicted octanol–water partition coefficient (Wildman–Crippen LogP) is 2.05. The quantitative estimate of drug-likeness (QED) is 0.659. The van der Waals surface area contributed by atoms with Gasteiger partial charge in [-0.25, -0.2) is 5.43 Å². The van der Waals surface area contributed by atoms with Gasteiger partial charge < -0.3 is 5.32 Å². The number of anilines is 1. The Morgan fingerprint density at radius 1 is 1.10 bits per heavy atom. The summed E-state index contributed by atoms with van der Waals surface area (Å²) in [5.41, 5.74) is 3.34. The molecule has 0 aliphatic heterocycles. The number of nitrogens with zero attached hydrogens (tertiary/aromatic N) is 1. The van der Waals surface area contributed by atoms with Gasteiger partial charge in [0.1, 0.15) is 0 Å². The Morgan fingerprint density at radius 3 is 2.10 bits per heavy atom. The van der Waals surface area contributed by atoms with E-state index in [4.69, 9.17) is 0 Å². The van der Waals surface area contributed by atoms with Gasteiger partial charge >= 0.3 is 12.1 Å². The molecule has 0 heterocycles. The molecule has 0 aliphatic rings. The molecule has 1 aromatic carbocycles. The maximum atomic E-state index is 12.0. The summed E-state index contributed by atoms with van der Waals surface area (Å²) in [4.78, 5) is 21.4. The minimum atomic E-state index is -4.93. The van der Waals surface area contributed by atoms with Crippen molar-refractivity contribution in [2.45, 2.75) is 20.0 Å². The third kappa shape index (κ3) is 4.71. The van der Waals surface area contributed by atoms with Crippen molar-refractivity contribution in [2.75, 3.05) is 5.32 Å². The lowest BCUT2D eigenvalue weighted by molar-refractivity contribution is -0.167. The maximum Gasteiger partial charge on any atom is 0.471 e. The molecule has 0 fully saturated rings. The van der Waals surface area contributed by atoms with Crippen LogP contribution in [0.15, 0.2) is 29.4 Å². The SMILES string of the molecule is CC(=O)N/N=C(/C)c1ccc(NC(=O)C(F)(F)F)cc1. The van der Waals surface area contributed by atoms with Crippen LogP contribution in [0.3, 0.4) is 0 Å². The van der Waals surface area contributed by atoms with Crippen LogP contribution in [0.1, 0.15) is 19.4 Å². The van der Waals surface area contributed by atoms with Gasteiger partial charge in [0.05, 0.1) is 5.71 Å². The summed E-state index contributed by atoms with van der Waals surface area (Å²) < 4.78 is 36.1. The fourth-order valence-electron chi connectivity index (χ4n) is 1.22. The minimum Gasteiger partial charge on any atom is -0.318 e. The number of benzene rings is 1. The molecule has 0 unspecified atom stereocenters. The van der Waals surface area contributed by atoms with Gasteiger partial charge in [-0.1, -0.05) is 12.1 Å². The second kappa shape index (κ2) is 6.18. The molecule has 108 valence electrons. The number of carbonyl (C=O) groups excluding carboxylic acids is 2. The molecule has 0 aliphatic carbocycles. The average molecular weight is 287 g/mol. The molecule has 1 aromatic rings. The van der Waals surface area contributed by atoms with Gasteiger partial charge in [0.25, 0.3) is 0 Å². The molecule has 0 radical (unpaired) electrons. The third-order valence-corrected chi connectivity index (χ3v) is 2.20. The smallest absolute Gasteiger partial charge is 0.318 e. The van der Waals surface area contributed by atoms with Crippen molar-refractivity contribution < 1.29 is 22.8 Å². The van der Waals surface area contributed by atoms with Crippen LogP contribution in [0, 0.1) is 0 Å². The Morgan fingerprint density at radius 2 is 1.65 bits per heavy atom. The van der Waals surface area contributed by atoms with E-state index in [1.807, 2.05) is 0 Å². The second-order valence-corrected chi connectivity index (χ2v) is 3.89. The summed E-state index contributed by atoms with van der Waals surface area (Å²) in [6.07, 6.45) is -4.93. The number of rotatable bonds is 3. The fourth-order valence-corrected chi connectivity index (χ4v) is 1.22. The Labute approximate surface area is 112 Å². The summed E-state index contributed by atoms with van der Waals surface area (Å²) in [7, 11) is 0. The van der Waals surface area contributed by atoms with E-state index >= 15 is 0 Å².